The first-order valence-electron chi connectivity index (χ1n) is 8.67. The average molecular weight is 461 g/mol. The molecule has 3 aromatic rings. The van der Waals surface area contributed by atoms with Crippen molar-refractivity contribution < 1.29 is 23.0 Å². The second kappa shape index (κ2) is 7.44. The summed E-state index contributed by atoms with van der Waals surface area (Å²) in [4.78, 5) is 16.7. The number of rotatable bonds is 4. The fourth-order valence-corrected chi connectivity index (χ4v) is 3.56. The molecule has 1 aliphatic rings. The second-order valence-corrected chi connectivity index (χ2v) is 7.36. The van der Waals surface area contributed by atoms with Gasteiger partial charge < -0.3 is 14.8 Å². The number of nitrogens with one attached hydrogen (secondary N) is 1. The molecule has 2 aromatic carbocycles. The number of halogens is 3. The summed E-state index contributed by atoms with van der Waals surface area (Å²) < 4.78 is 39.1. The van der Waals surface area contributed by atoms with E-state index in [0.717, 1.165) is 22.5 Å². The predicted molar refractivity (Wildman–Crippen MR) is 107 cm³/mol. The Kier molecular flexibility index (Phi) is 4.96. The summed E-state index contributed by atoms with van der Waals surface area (Å²) in [6.45, 7) is 0.933. The van der Waals surface area contributed by atoms with Gasteiger partial charge in [-0.3, -0.25) is 4.79 Å². The van der Waals surface area contributed by atoms with Gasteiger partial charge in [-0.1, -0.05) is 34.1 Å². The van der Waals surface area contributed by atoms with Gasteiger partial charge in [-0.25, -0.2) is 13.8 Å². The number of nitrogens with zero attached hydrogens (tertiary/aromatic N) is 1. The van der Waals surface area contributed by atoms with Crippen molar-refractivity contribution in [1.29, 1.82) is 0 Å². The summed E-state index contributed by atoms with van der Waals surface area (Å²) in [6, 6.07) is 12.6. The molecule has 8 heteroatoms. The van der Waals surface area contributed by atoms with Crippen LogP contribution in [-0.2, 0) is 5.92 Å². The van der Waals surface area contributed by atoms with Crippen LogP contribution in [0, 0.1) is 0 Å². The van der Waals surface area contributed by atoms with Gasteiger partial charge in [0.1, 0.15) is 5.82 Å². The van der Waals surface area contributed by atoms with Crippen molar-refractivity contribution in [2.24, 2.45) is 0 Å². The fraction of sp³-hybridized carbons (Fsp3) is 0.143. The third kappa shape index (κ3) is 3.93. The molecule has 0 unspecified atom stereocenters. The molecule has 0 bridgehead atoms. The highest BCUT2D eigenvalue weighted by atomic mass is 79.9. The molecule has 0 fully saturated rings. The number of aromatic nitrogens is 1. The first kappa shape index (κ1) is 19.3. The predicted octanol–water partition coefficient (Wildman–Crippen LogP) is 5.60. The molecule has 148 valence electrons. The maximum absolute atomic E-state index is 13.8. The van der Waals surface area contributed by atoms with Gasteiger partial charge in [0, 0.05) is 39.8 Å². The van der Waals surface area contributed by atoms with Crippen LogP contribution in [0.3, 0.4) is 0 Å². The molecule has 1 amide bonds. The van der Waals surface area contributed by atoms with Crippen LogP contribution < -0.4 is 14.8 Å². The molecule has 5 nitrogen and oxygen atoms in total. The zero-order valence-electron chi connectivity index (χ0n) is 15.2. The summed E-state index contributed by atoms with van der Waals surface area (Å²) in [6.07, 6.45) is 1.58. The van der Waals surface area contributed by atoms with E-state index in [-0.39, 0.29) is 23.7 Å². The Hall–Kier alpha value is -3.00. The minimum absolute atomic E-state index is 0.0932. The highest BCUT2D eigenvalue weighted by Crippen LogP contribution is 2.41. The lowest BCUT2D eigenvalue weighted by molar-refractivity contribution is 0.0165. The van der Waals surface area contributed by atoms with Crippen molar-refractivity contribution in [3.63, 3.8) is 0 Å². The van der Waals surface area contributed by atoms with Crippen LogP contribution in [0.1, 0.15) is 22.8 Å². The van der Waals surface area contributed by atoms with E-state index in [1.807, 2.05) is 12.1 Å². The Morgan fingerprint density at radius 1 is 1.14 bits per heavy atom. The van der Waals surface area contributed by atoms with Gasteiger partial charge in [-0.2, -0.15) is 0 Å². The number of hydrogen-bond donors (Lipinski definition) is 1. The maximum atomic E-state index is 13.8. The van der Waals surface area contributed by atoms with Crippen LogP contribution in [0.25, 0.3) is 11.1 Å². The largest absolute Gasteiger partial charge is 0.454 e. The second-order valence-electron chi connectivity index (χ2n) is 6.51. The average Bonchev–Trinajstić information content (AvgIpc) is 3.14. The third-order valence-corrected chi connectivity index (χ3v) is 5.08. The zero-order chi connectivity index (χ0) is 20.6. The van der Waals surface area contributed by atoms with E-state index < -0.39 is 11.8 Å². The van der Waals surface area contributed by atoms with Gasteiger partial charge in [-0.05, 0) is 30.3 Å². The first-order valence-corrected chi connectivity index (χ1v) is 9.46. The lowest BCUT2D eigenvalue weighted by Crippen LogP contribution is -2.19. The van der Waals surface area contributed by atoms with Gasteiger partial charge in [0.15, 0.2) is 11.5 Å². The van der Waals surface area contributed by atoms with Gasteiger partial charge in [-0.15, -0.1) is 0 Å². The maximum Gasteiger partial charge on any atom is 0.271 e. The normalized spacial score (nSPS) is 12.7. The van der Waals surface area contributed by atoms with Crippen molar-refractivity contribution in [3.8, 4) is 22.6 Å². The highest BCUT2D eigenvalue weighted by Gasteiger charge is 2.29. The number of anilines is 1. The molecule has 1 aliphatic heterocycles. The van der Waals surface area contributed by atoms with Crippen molar-refractivity contribution >= 4 is 27.7 Å². The third-order valence-electron chi connectivity index (χ3n) is 4.42. The molecule has 0 aliphatic carbocycles. The summed E-state index contributed by atoms with van der Waals surface area (Å²) in [7, 11) is 0. The van der Waals surface area contributed by atoms with Crippen molar-refractivity contribution in [2.45, 2.75) is 12.8 Å². The van der Waals surface area contributed by atoms with Crippen LogP contribution in [-0.4, -0.2) is 17.7 Å². The molecule has 0 saturated carbocycles. The minimum atomic E-state index is -3.13. The minimum Gasteiger partial charge on any atom is -0.454 e. The van der Waals surface area contributed by atoms with Crippen LogP contribution in [0.5, 0.6) is 11.5 Å². The number of pyridine rings is 1. The number of fused-ring (bicyclic) bond motifs is 1. The number of benzene rings is 2. The summed E-state index contributed by atoms with van der Waals surface area (Å²) in [5.41, 5.74) is 1.20. The standard InChI is InChI=1S/C21H15BrF2N2O3/c1-21(23,24)15-5-3-2-4-13(15)20(27)26-19-7-6-12(10-25-19)14-8-17-18(9-16(14)22)29-11-28-17/h2-10H,11H2,1H3,(H,25,26,27). The lowest BCUT2D eigenvalue weighted by Gasteiger charge is -2.15. The monoisotopic (exact) mass is 460 g/mol. The molecule has 1 N–H and O–H groups in total. The van der Waals surface area contributed by atoms with Crippen LogP contribution in [0.15, 0.2) is 59.2 Å². The van der Waals surface area contributed by atoms with Gasteiger partial charge in [0.2, 0.25) is 6.79 Å². The van der Waals surface area contributed by atoms with Crippen LogP contribution in [0.4, 0.5) is 14.6 Å². The van der Waals surface area contributed by atoms with Crippen molar-refractivity contribution in [1.82, 2.24) is 4.98 Å². The molecule has 0 saturated heterocycles. The number of amides is 1. The van der Waals surface area contributed by atoms with Crippen LogP contribution >= 0.6 is 15.9 Å². The molecule has 29 heavy (non-hydrogen) atoms. The molecule has 2 heterocycles. The Morgan fingerprint density at radius 2 is 1.86 bits per heavy atom. The van der Waals surface area contributed by atoms with E-state index in [0.29, 0.717) is 11.5 Å². The smallest absolute Gasteiger partial charge is 0.271 e. The Labute approximate surface area is 173 Å². The van der Waals surface area contributed by atoms with E-state index in [1.54, 1.807) is 18.3 Å². The van der Waals surface area contributed by atoms with Gasteiger partial charge in [0.05, 0.1) is 0 Å². The molecule has 1 aromatic heterocycles. The molecular weight excluding hydrogens is 446 g/mol. The van der Waals surface area contributed by atoms with E-state index in [2.05, 4.69) is 26.2 Å². The SMILES string of the molecule is CC(F)(F)c1ccccc1C(=O)Nc1ccc(-c2cc3c(cc2Br)OCO3)cn1. The molecule has 0 radical (unpaired) electrons. The van der Waals surface area contributed by atoms with E-state index in [4.69, 9.17) is 9.47 Å². The summed E-state index contributed by atoms with van der Waals surface area (Å²) in [5, 5.41) is 2.57. The molecular formula is C21H15BrF2N2O3. The van der Waals surface area contributed by atoms with Crippen molar-refractivity contribution in [2.75, 3.05) is 12.1 Å². The van der Waals surface area contributed by atoms with E-state index in [1.165, 1.54) is 24.3 Å². The Morgan fingerprint density at radius 3 is 2.55 bits per heavy atom. The zero-order valence-corrected chi connectivity index (χ0v) is 16.8. The van der Waals surface area contributed by atoms with Crippen LogP contribution in [0.2, 0.25) is 0 Å². The Balaban J connectivity index is 1.56. The van der Waals surface area contributed by atoms with E-state index >= 15 is 0 Å². The lowest BCUT2D eigenvalue weighted by atomic mass is 10.0. The quantitative estimate of drug-likeness (QED) is 0.550. The van der Waals surface area contributed by atoms with Crippen molar-refractivity contribution in [3.05, 3.63) is 70.3 Å². The fourth-order valence-electron chi connectivity index (χ4n) is 3.01. The number of carbonyl (C=O) groups is 1. The molecule has 0 spiro atoms. The van der Waals surface area contributed by atoms with Gasteiger partial charge >= 0.3 is 0 Å². The highest BCUT2D eigenvalue weighted by molar-refractivity contribution is 9.10. The van der Waals surface area contributed by atoms with E-state index in [9.17, 15) is 13.6 Å². The summed E-state index contributed by atoms with van der Waals surface area (Å²) >= 11 is 3.50. The Bertz CT molecular complexity index is 1080. The number of carbonyl (C=O) groups excluding carboxylic acids is 1. The molecule has 0 atom stereocenters. The molecule has 4 rings (SSSR count). The summed E-state index contributed by atoms with van der Waals surface area (Å²) in [5.74, 6) is -2.23. The topological polar surface area (TPSA) is 60.5 Å². The first-order chi connectivity index (χ1) is 13.8. The number of ether oxygens (including phenoxy) is 2. The number of hydrogen-bond acceptors (Lipinski definition) is 4. The number of alkyl halides is 2. The van der Waals surface area contributed by atoms with Gasteiger partial charge in [0.25, 0.3) is 11.8 Å².